The van der Waals surface area contributed by atoms with Crippen molar-refractivity contribution >= 4 is 29.3 Å². The molecule has 0 spiro atoms. The Morgan fingerprint density at radius 1 is 0.857 bits per heavy atom. The number of carbonyl (C=O) groups is 4. The highest BCUT2D eigenvalue weighted by atomic mass is 16.2. The van der Waals surface area contributed by atoms with E-state index in [1.807, 2.05) is 6.08 Å². The average molecular weight is 570 g/mol. The topological polar surface area (TPSA) is 95.6 Å². The van der Waals surface area contributed by atoms with Crippen LogP contribution in [0.1, 0.15) is 87.1 Å². The Morgan fingerprint density at radius 3 is 2.00 bits per heavy atom. The second kappa shape index (κ2) is 18.2. The fourth-order valence-electron chi connectivity index (χ4n) is 4.77. The van der Waals surface area contributed by atoms with E-state index in [9.17, 15) is 19.2 Å². The summed E-state index contributed by atoms with van der Waals surface area (Å²) in [7, 11) is 0. The molecule has 2 aliphatic rings. The molecule has 1 unspecified atom stereocenters. The zero-order chi connectivity index (χ0) is 30.0. The van der Waals surface area contributed by atoms with Crippen LogP contribution >= 0.6 is 0 Å². The van der Waals surface area contributed by atoms with E-state index in [4.69, 9.17) is 0 Å². The number of allylic oxidation sites excluding steroid dienone is 12. The Morgan fingerprint density at radius 2 is 1.43 bits per heavy atom. The molecule has 222 valence electrons. The van der Waals surface area contributed by atoms with Gasteiger partial charge in [-0.3, -0.25) is 24.5 Å². The van der Waals surface area contributed by atoms with Gasteiger partial charge in [0.15, 0.2) is 0 Å². The van der Waals surface area contributed by atoms with Gasteiger partial charge in [0.2, 0.25) is 17.7 Å². The van der Waals surface area contributed by atoms with Crippen LogP contribution in [0.2, 0.25) is 0 Å². The third-order valence-corrected chi connectivity index (χ3v) is 6.99. The van der Waals surface area contributed by atoms with E-state index < -0.39 is 11.9 Å². The van der Waals surface area contributed by atoms with Gasteiger partial charge in [-0.2, -0.15) is 0 Å². The number of nitrogens with zero attached hydrogens (tertiary/aromatic N) is 1. The van der Waals surface area contributed by atoms with Gasteiger partial charge in [0.1, 0.15) is 6.04 Å². The zero-order valence-corrected chi connectivity index (χ0v) is 24.6. The summed E-state index contributed by atoms with van der Waals surface area (Å²) in [5.74, 6) is -1.15. The van der Waals surface area contributed by atoms with Crippen LogP contribution in [0.4, 0.5) is 5.69 Å². The molecule has 7 nitrogen and oxygen atoms in total. The smallest absolute Gasteiger partial charge is 0.255 e. The van der Waals surface area contributed by atoms with Crippen molar-refractivity contribution in [3.05, 3.63) is 102 Å². The lowest BCUT2D eigenvalue weighted by atomic mass is 10.0. The lowest BCUT2D eigenvalue weighted by Crippen LogP contribution is -2.52. The van der Waals surface area contributed by atoms with Gasteiger partial charge in [-0.15, -0.1) is 0 Å². The molecule has 1 saturated heterocycles. The van der Waals surface area contributed by atoms with Crippen LogP contribution in [0.5, 0.6) is 0 Å². The van der Waals surface area contributed by atoms with E-state index in [-0.39, 0.29) is 30.7 Å². The first-order valence-electron chi connectivity index (χ1n) is 15.0. The molecule has 0 aliphatic carbocycles. The summed E-state index contributed by atoms with van der Waals surface area (Å²) >= 11 is 0. The van der Waals surface area contributed by atoms with Crippen molar-refractivity contribution in [1.29, 1.82) is 0 Å². The average Bonchev–Trinajstić information content (AvgIpc) is 3.31. The first-order chi connectivity index (χ1) is 20.5. The number of benzene rings is 1. The van der Waals surface area contributed by atoms with Crippen LogP contribution < -0.4 is 10.6 Å². The van der Waals surface area contributed by atoms with E-state index in [0.717, 1.165) is 38.5 Å². The maximum absolute atomic E-state index is 12.9. The standard InChI is InChI=1S/C35H43N3O4/c1-2-3-4-5-6-7-8-9-10-11-12-13-14-15-16-17-18-19-20-24-32(39)36-30-23-21-22-28-29(30)27-38(35(28)42)31-25-26-33(40)37-34(31)41/h3-4,6-7,9-10,12-13,15-16,18-19,21-23,31H,2,5,8,11,14,17,20,24-27H2,1H3,(H,36,39)(H,37,40,41). The summed E-state index contributed by atoms with van der Waals surface area (Å²) in [6.45, 7) is 2.37. The highest BCUT2D eigenvalue weighted by molar-refractivity contribution is 6.06. The summed E-state index contributed by atoms with van der Waals surface area (Å²) in [5, 5.41) is 5.23. The van der Waals surface area contributed by atoms with Gasteiger partial charge in [-0.1, -0.05) is 85.9 Å². The van der Waals surface area contributed by atoms with Gasteiger partial charge in [-0.05, 0) is 63.5 Å². The molecular formula is C35H43N3O4. The minimum absolute atomic E-state index is 0.130. The number of hydrogen-bond donors (Lipinski definition) is 2. The summed E-state index contributed by atoms with van der Waals surface area (Å²) in [5.41, 5.74) is 1.77. The maximum Gasteiger partial charge on any atom is 0.255 e. The van der Waals surface area contributed by atoms with Crippen molar-refractivity contribution in [2.75, 3.05) is 5.32 Å². The largest absolute Gasteiger partial charge is 0.326 e. The fraction of sp³-hybridized carbons (Fsp3) is 0.371. The van der Waals surface area contributed by atoms with Crippen LogP contribution in [-0.2, 0) is 20.9 Å². The van der Waals surface area contributed by atoms with Crippen molar-refractivity contribution in [3.8, 4) is 0 Å². The lowest BCUT2D eigenvalue weighted by molar-refractivity contribution is -0.137. The number of amides is 4. The normalized spacial score (nSPS) is 17.7. The molecule has 42 heavy (non-hydrogen) atoms. The number of fused-ring (bicyclic) bond motifs is 1. The zero-order valence-electron chi connectivity index (χ0n) is 24.6. The van der Waals surface area contributed by atoms with Crippen molar-refractivity contribution < 1.29 is 19.2 Å². The molecule has 7 heteroatoms. The first kappa shape index (κ1) is 32.3. The minimum atomic E-state index is -0.681. The predicted octanol–water partition coefficient (Wildman–Crippen LogP) is 6.86. The van der Waals surface area contributed by atoms with Gasteiger partial charge < -0.3 is 10.2 Å². The summed E-state index contributed by atoms with van der Waals surface area (Å²) in [4.78, 5) is 50.8. The molecule has 2 N–H and O–H groups in total. The Bertz CT molecular complexity index is 1270. The molecule has 1 aromatic carbocycles. The molecule has 1 fully saturated rings. The third-order valence-electron chi connectivity index (χ3n) is 6.99. The highest BCUT2D eigenvalue weighted by Gasteiger charge is 2.39. The summed E-state index contributed by atoms with van der Waals surface area (Å²) in [6.07, 6.45) is 33.0. The molecule has 4 amide bonds. The number of carbonyl (C=O) groups excluding carboxylic acids is 4. The van der Waals surface area contributed by atoms with Crippen LogP contribution in [0.3, 0.4) is 0 Å². The molecule has 3 rings (SSSR count). The van der Waals surface area contributed by atoms with E-state index in [1.54, 1.807) is 18.2 Å². The predicted molar refractivity (Wildman–Crippen MR) is 169 cm³/mol. The monoisotopic (exact) mass is 569 g/mol. The van der Waals surface area contributed by atoms with Crippen molar-refractivity contribution in [1.82, 2.24) is 10.2 Å². The molecule has 2 heterocycles. The minimum Gasteiger partial charge on any atom is -0.326 e. The van der Waals surface area contributed by atoms with Gasteiger partial charge in [0, 0.05) is 36.2 Å². The maximum atomic E-state index is 12.9. The van der Waals surface area contributed by atoms with Crippen molar-refractivity contribution in [3.63, 3.8) is 0 Å². The SMILES string of the molecule is CCC=CCC=CCC=CCC=CCC=CCC=CCCC(=O)Nc1cccc2c1CN(C1CCC(=O)NC1=O)C2=O. The van der Waals surface area contributed by atoms with Crippen LogP contribution in [0.25, 0.3) is 0 Å². The van der Waals surface area contributed by atoms with E-state index in [1.165, 1.54) is 4.90 Å². The van der Waals surface area contributed by atoms with Crippen molar-refractivity contribution in [2.45, 2.75) is 83.7 Å². The Kier molecular flexibility index (Phi) is 14.0. The highest BCUT2D eigenvalue weighted by Crippen LogP contribution is 2.32. The van der Waals surface area contributed by atoms with Gasteiger partial charge in [-0.25, -0.2) is 0 Å². The van der Waals surface area contributed by atoms with Crippen molar-refractivity contribution in [2.24, 2.45) is 0 Å². The molecule has 0 saturated carbocycles. The molecule has 2 aliphatic heterocycles. The lowest BCUT2D eigenvalue weighted by Gasteiger charge is -2.29. The van der Waals surface area contributed by atoms with E-state index >= 15 is 0 Å². The molecule has 1 aromatic rings. The Labute approximate surface area is 249 Å². The van der Waals surface area contributed by atoms with Crippen LogP contribution in [0, 0.1) is 0 Å². The number of anilines is 1. The second-order valence-electron chi connectivity index (χ2n) is 10.2. The quantitative estimate of drug-likeness (QED) is 0.168. The molecule has 0 radical (unpaired) electrons. The third kappa shape index (κ3) is 10.6. The van der Waals surface area contributed by atoms with E-state index in [2.05, 4.69) is 84.4 Å². The molecule has 0 bridgehead atoms. The van der Waals surface area contributed by atoms with E-state index in [0.29, 0.717) is 36.1 Å². The van der Waals surface area contributed by atoms with Gasteiger partial charge in [0.05, 0.1) is 0 Å². The number of nitrogens with one attached hydrogen (secondary N) is 2. The number of hydrogen-bond acceptors (Lipinski definition) is 4. The van der Waals surface area contributed by atoms with Gasteiger partial charge >= 0.3 is 0 Å². The molecular weight excluding hydrogens is 526 g/mol. The Hall–Kier alpha value is -4.26. The summed E-state index contributed by atoms with van der Waals surface area (Å²) < 4.78 is 0. The summed E-state index contributed by atoms with van der Waals surface area (Å²) in [6, 6.07) is 4.52. The number of piperidine rings is 1. The fourth-order valence-corrected chi connectivity index (χ4v) is 4.77. The van der Waals surface area contributed by atoms with Crippen LogP contribution in [0.15, 0.2) is 91.1 Å². The number of imide groups is 1. The molecule has 1 atom stereocenters. The second-order valence-corrected chi connectivity index (χ2v) is 10.2. The Balaban J connectivity index is 1.30. The number of rotatable bonds is 16. The molecule has 0 aromatic heterocycles. The van der Waals surface area contributed by atoms with Crippen LogP contribution in [-0.4, -0.2) is 34.6 Å². The first-order valence-corrected chi connectivity index (χ1v) is 15.0. The van der Waals surface area contributed by atoms with Gasteiger partial charge in [0.25, 0.3) is 5.91 Å².